The van der Waals surface area contributed by atoms with E-state index < -0.39 is 16.7 Å². The molecule has 1 aromatic heterocycles. The number of alkyl halides is 3. The second-order valence-electron chi connectivity index (χ2n) is 3.98. The van der Waals surface area contributed by atoms with Crippen LogP contribution >= 0.6 is 11.3 Å². The van der Waals surface area contributed by atoms with Gasteiger partial charge in [0.05, 0.1) is 5.71 Å². The zero-order valence-corrected chi connectivity index (χ0v) is 11.6. The summed E-state index contributed by atoms with van der Waals surface area (Å²) in [6.45, 7) is 1.71. The average Bonchev–Trinajstić information content (AvgIpc) is 2.89. The van der Waals surface area contributed by atoms with Gasteiger partial charge in [-0.2, -0.15) is 23.5 Å². The number of aromatic nitrogens is 1. The second kappa shape index (κ2) is 5.93. The van der Waals surface area contributed by atoms with Crippen LogP contribution in [0.3, 0.4) is 0 Å². The predicted molar refractivity (Wildman–Crippen MR) is 74.1 cm³/mol. The fourth-order valence-corrected chi connectivity index (χ4v) is 2.24. The van der Waals surface area contributed by atoms with E-state index >= 15 is 0 Å². The predicted octanol–water partition coefficient (Wildman–Crippen LogP) is 3.87. The molecule has 0 saturated heterocycles. The quantitative estimate of drug-likeness (QED) is 0.691. The molecule has 0 unspecified atom stereocenters. The summed E-state index contributed by atoms with van der Waals surface area (Å²) in [6.07, 6.45) is -4.65. The van der Waals surface area contributed by atoms with Crippen LogP contribution in [0.1, 0.15) is 23.1 Å². The van der Waals surface area contributed by atoms with Gasteiger partial charge < -0.3 is 0 Å². The Hall–Kier alpha value is -2.40. The number of nitrogens with one attached hydrogen (secondary N) is 1. The van der Waals surface area contributed by atoms with E-state index in [1.165, 1.54) is 6.07 Å². The smallest absolute Gasteiger partial charge is 0.252 e. The third kappa shape index (κ3) is 3.58. The van der Waals surface area contributed by atoms with Gasteiger partial charge in [-0.15, -0.1) is 0 Å². The molecule has 8 heteroatoms. The van der Waals surface area contributed by atoms with Crippen molar-refractivity contribution in [2.45, 2.75) is 13.1 Å². The molecule has 1 N–H and O–H groups in total. The molecule has 1 heterocycles. The maximum Gasteiger partial charge on any atom is 0.435 e. The first-order chi connectivity index (χ1) is 9.91. The summed E-state index contributed by atoms with van der Waals surface area (Å²) in [6, 6.07) is 10.6. The van der Waals surface area contributed by atoms with Crippen molar-refractivity contribution in [3.8, 4) is 6.07 Å². The van der Waals surface area contributed by atoms with Crippen molar-refractivity contribution in [3.63, 3.8) is 0 Å². The highest BCUT2D eigenvalue weighted by Crippen LogP contribution is 2.35. The number of hydrogen-bond acceptors (Lipinski definition) is 5. The summed E-state index contributed by atoms with van der Waals surface area (Å²) in [5.74, 6) is 0. The minimum atomic E-state index is -4.65. The number of hydrazone groups is 1. The molecule has 0 radical (unpaired) electrons. The van der Waals surface area contributed by atoms with Crippen LogP contribution in [0, 0.1) is 11.3 Å². The fourth-order valence-electron chi connectivity index (χ4n) is 1.51. The minimum Gasteiger partial charge on any atom is -0.252 e. The van der Waals surface area contributed by atoms with Crippen LogP contribution in [0.2, 0.25) is 0 Å². The molecule has 21 heavy (non-hydrogen) atoms. The van der Waals surface area contributed by atoms with Crippen molar-refractivity contribution in [2.75, 3.05) is 5.43 Å². The molecule has 0 atom stereocenters. The summed E-state index contributed by atoms with van der Waals surface area (Å²) in [4.78, 5) is 2.88. The molecule has 0 fully saturated rings. The van der Waals surface area contributed by atoms with Gasteiger partial charge >= 0.3 is 6.18 Å². The van der Waals surface area contributed by atoms with E-state index in [0.717, 1.165) is 5.56 Å². The maximum absolute atomic E-state index is 12.6. The van der Waals surface area contributed by atoms with Crippen molar-refractivity contribution in [1.29, 1.82) is 5.26 Å². The lowest BCUT2D eigenvalue weighted by Crippen LogP contribution is -2.07. The van der Waals surface area contributed by atoms with Crippen molar-refractivity contribution in [3.05, 3.63) is 46.5 Å². The van der Waals surface area contributed by atoms with Gasteiger partial charge in [0.2, 0.25) is 5.13 Å². The van der Waals surface area contributed by atoms with Crippen molar-refractivity contribution in [2.24, 2.45) is 5.10 Å². The van der Waals surface area contributed by atoms with Crippen LogP contribution in [-0.4, -0.2) is 10.7 Å². The highest BCUT2D eigenvalue weighted by Gasteiger charge is 2.37. The second-order valence-corrected chi connectivity index (χ2v) is 4.98. The number of hydrogen-bond donors (Lipinski definition) is 1. The van der Waals surface area contributed by atoms with E-state index in [1.54, 1.807) is 6.92 Å². The summed E-state index contributed by atoms with van der Waals surface area (Å²) in [7, 11) is 0. The Bertz CT molecular complexity index is 698. The summed E-state index contributed by atoms with van der Waals surface area (Å²) >= 11 is 0.613. The van der Waals surface area contributed by atoms with Crippen LogP contribution in [0.5, 0.6) is 0 Å². The third-order valence-corrected chi connectivity index (χ3v) is 3.37. The topological polar surface area (TPSA) is 61.1 Å². The molecule has 0 saturated carbocycles. The fraction of sp³-hybridized carbons (Fsp3) is 0.154. The number of thiazole rings is 1. The highest BCUT2D eigenvalue weighted by molar-refractivity contribution is 7.16. The van der Waals surface area contributed by atoms with Gasteiger partial charge in [0.1, 0.15) is 10.9 Å². The van der Waals surface area contributed by atoms with E-state index in [0.29, 0.717) is 17.0 Å². The number of halogens is 3. The minimum absolute atomic E-state index is 0.0749. The monoisotopic (exact) mass is 310 g/mol. The summed E-state index contributed by atoms with van der Waals surface area (Å²) in [5.41, 5.74) is 2.69. The van der Waals surface area contributed by atoms with Gasteiger partial charge in [0.15, 0.2) is 5.69 Å². The molecule has 0 aliphatic carbocycles. The summed E-state index contributed by atoms with van der Waals surface area (Å²) in [5, 5.41) is 12.6. The first kappa shape index (κ1) is 15.0. The molecular formula is C13H9F3N4S. The number of anilines is 1. The van der Waals surface area contributed by atoms with E-state index in [4.69, 9.17) is 5.26 Å². The molecule has 0 bridgehead atoms. The molecule has 4 nitrogen and oxygen atoms in total. The van der Waals surface area contributed by atoms with E-state index in [9.17, 15) is 13.2 Å². The van der Waals surface area contributed by atoms with Crippen molar-refractivity contribution >= 4 is 22.2 Å². The molecule has 0 spiro atoms. The zero-order chi connectivity index (χ0) is 15.5. The molecule has 0 aliphatic heterocycles. The normalized spacial score (nSPS) is 12.0. The Morgan fingerprint density at radius 1 is 1.33 bits per heavy atom. The lowest BCUT2D eigenvalue weighted by Gasteiger charge is -2.01. The zero-order valence-electron chi connectivity index (χ0n) is 10.8. The van der Waals surface area contributed by atoms with Gasteiger partial charge in [-0.25, -0.2) is 4.98 Å². The van der Waals surface area contributed by atoms with Gasteiger partial charge in [-0.3, -0.25) is 5.43 Å². The van der Waals surface area contributed by atoms with Gasteiger partial charge in [-0.05, 0) is 12.5 Å². The largest absolute Gasteiger partial charge is 0.435 e. The maximum atomic E-state index is 12.6. The summed E-state index contributed by atoms with van der Waals surface area (Å²) < 4.78 is 37.9. The molecule has 2 rings (SSSR count). The number of rotatable bonds is 3. The van der Waals surface area contributed by atoms with E-state index in [2.05, 4.69) is 15.5 Å². The van der Waals surface area contributed by atoms with E-state index in [-0.39, 0.29) is 5.13 Å². The Kier molecular flexibility index (Phi) is 4.23. The van der Waals surface area contributed by atoms with E-state index in [1.807, 2.05) is 30.3 Å². The van der Waals surface area contributed by atoms with Crippen LogP contribution < -0.4 is 5.43 Å². The molecule has 1 aromatic carbocycles. The van der Waals surface area contributed by atoms with Crippen LogP contribution in [0.25, 0.3) is 0 Å². The third-order valence-electron chi connectivity index (χ3n) is 2.51. The lowest BCUT2D eigenvalue weighted by molar-refractivity contribution is -0.140. The molecule has 0 aliphatic rings. The van der Waals surface area contributed by atoms with Crippen LogP contribution in [0.4, 0.5) is 18.3 Å². The number of nitriles is 1. The Balaban J connectivity index is 2.22. The lowest BCUT2D eigenvalue weighted by atomic mass is 10.1. The number of nitrogens with zero attached hydrogens (tertiary/aromatic N) is 3. The Labute approximate surface area is 122 Å². The average molecular weight is 310 g/mol. The molecule has 0 amide bonds. The SMILES string of the molecule is CC(=NNc1nc(C(F)(F)F)c(C#N)s1)c1ccccc1. The molecular weight excluding hydrogens is 301 g/mol. The van der Waals surface area contributed by atoms with Gasteiger partial charge in [-0.1, -0.05) is 41.7 Å². The van der Waals surface area contributed by atoms with Crippen LogP contribution in [0.15, 0.2) is 35.4 Å². The standard InChI is InChI=1S/C13H9F3N4S/c1-8(9-5-3-2-4-6-9)19-20-12-18-11(13(14,15)16)10(7-17)21-12/h2-6H,1H3,(H,18,20). The molecule has 108 valence electrons. The Morgan fingerprint density at radius 2 is 2.00 bits per heavy atom. The van der Waals surface area contributed by atoms with Gasteiger partial charge in [0.25, 0.3) is 0 Å². The van der Waals surface area contributed by atoms with Crippen molar-refractivity contribution in [1.82, 2.24) is 4.98 Å². The number of benzene rings is 1. The first-order valence-electron chi connectivity index (χ1n) is 5.75. The Morgan fingerprint density at radius 3 is 2.52 bits per heavy atom. The van der Waals surface area contributed by atoms with Gasteiger partial charge in [0, 0.05) is 0 Å². The highest BCUT2D eigenvalue weighted by atomic mass is 32.1. The first-order valence-corrected chi connectivity index (χ1v) is 6.57. The van der Waals surface area contributed by atoms with Crippen molar-refractivity contribution < 1.29 is 13.2 Å². The van der Waals surface area contributed by atoms with Crippen LogP contribution in [-0.2, 0) is 6.18 Å². The molecule has 2 aromatic rings.